The number of hydrogen-bond donors (Lipinski definition) is 0. The van der Waals surface area contributed by atoms with Crippen LogP contribution in [0.3, 0.4) is 0 Å². The van der Waals surface area contributed by atoms with Crippen LogP contribution in [0.2, 0.25) is 5.02 Å². The molecule has 1 saturated heterocycles. The van der Waals surface area contributed by atoms with Crippen LogP contribution in [0.15, 0.2) is 64.0 Å². The largest absolute Gasteiger partial charge is 0.441 e. The van der Waals surface area contributed by atoms with Gasteiger partial charge in [-0.25, -0.2) is 17.8 Å². The van der Waals surface area contributed by atoms with E-state index >= 15 is 0 Å². The summed E-state index contributed by atoms with van der Waals surface area (Å²) in [5.74, 6) is 0.348. The first-order chi connectivity index (χ1) is 15.3. The van der Waals surface area contributed by atoms with E-state index in [2.05, 4.69) is 4.98 Å². The van der Waals surface area contributed by atoms with Crippen LogP contribution >= 0.6 is 11.6 Å². The zero-order valence-electron chi connectivity index (χ0n) is 17.1. The fourth-order valence-corrected chi connectivity index (χ4v) is 5.08. The standard InChI is InChI=1S/C22H21ClFN3O4S/c23-17-6-4-16(5-7-17)20-15-25-21(31-20)8-9-22(28)26-10-12-27(13-11-26)32(29,30)19-3-1-2-18(24)14-19/h1-7,14-15H,8-13H2. The first-order valence-electron chi connectivity index (χ1n) is 10.1. The van der Waals surface area contributed by atoms with Gasteiger partial charge in [0.05, 0.1) is 11.1 Å². The Balaban J connectivity index is 1.30. The van der Waals surface area contributed by atoms with Gasteiger partial charge in [0.1, 0.15) is 5.82 Å². The number of benzene rings is 2. The molecule has 0 spiro atoms. The van der Waals surface area contributed by atoms with Gasteiger partial charge in [-0.3, -0.25) is 4.79 Å². The molecule has 3 aromatic rings. The smallest absolute Gasteiger partial charge is 0.243 e. The van der Waals surface area contributed by atoms with Crippen LogP contribution in [0.4, 0.5) is 4.39 Å². The molecule has 4 rings (SSSR count). The van der Waals surface area contributed by atoms with E-state index in [0.29, 0.717) is 23.1 Å². The Morgan fingerprint density at radius 1 is 1.09 bits per heavy atom. The van der Waals surface area contributed by atoms with Crippen LogP contribution < -0.4 is 0 Å². The Kier molecular flexibility index (Phi) is 6.59. The van der Waals surface area contributed by atoms with Gasteiger partial charge in [0.15, 0.2) is 11.7 Å². The van der Waals surface area contributed by atoms with Crippen molar-refractivity contribution in [3.05, 3.63) is 71.5 Å². The number of oxazole rings is 1. The van der Waals surface area contributed by atoms with Crippen molar-refractivity contribution in [1.29, 1.82) is 0 Å². The predicted octanol–water partition coefficient (Wildman–Crippen LogP) is 3.60. The normalized spacial score (nSPS) is 15.1. The topological polar surface area (TPSA) is 83.7 Å². The van der Waals surface area contributed by atoms with E-state index in [0.717, 1.165) is 11.6 Å². The Hall–Kier alpha value is -2.75. The SMILES string of the molecule is O=C(CCc1ncc(-c2ccc(Cl)cc2)o1)N1CCN(S(=O)(=O)c2cccc(F)c2)CC1. The number of aromatic nitrogens is 1. The molecule has 0 N–H and O–H groups in total. The molecular weight excluding hydrogens is 457 g/mol. The second-order valence-corrected chi connectivity index (χ2v) is 9.74. The van der Waals surface area contributed by atoms with E-state index < -0.39 is 15.8 Å². The minimum atomic E-state index is -3.79. The van der Waals surface area contributed by atoms with Gasteiger partial charge in [-0.2, -0.15) is 4.31 Å². The van der Waals surface area contributed by atoms with E-state index in [-0.39, 0.29) is 43.4 Å². The molecule has 0 saturated carbocycles. The number of carbonyl (C=O) groups is 1. The molecule has 0 atom stereocenters. The maximum Gasteiger partial charge on any atom is 0.243 e. The number of hydrogen-bond acceptors (Lipinski definition) is 5. The van der Waals surface area contributed by atoms with Gasteiger partial charge in [-0.05, 0) is 42.5 Å². The molecule has 1 fully saturated rings. The first-order valence-corrected chi connectivity index (χ1v) is 11.9. The molecule has 32 heavy (non-hydrogen) atoms. The van der Waals surface area contributed by atoms with Gasteiger partial charge in [0.2, 0.25) is 15.9 Å². The number of sulfonamides is 1. The maximum atomic E-state index is 13.4. The number of carbonyl (C=O) groups excluding carboxylic acids is 1. The lowest BCUT2D eigenvalue weighted by atomic mass is 10.2. The maximum absolute atomic E-state index is 13.4. The third kappa shape index (κ3) is 5.01. The van der Waals surface area contributed by atoms with Gasteiger partial charge in [-0.1, -0.05) is 17.7 Å². The Bertz CT molecular complexity index is 1210. The monoisotopic (exact) mass is 477 g/mol. The Morgan fingerprint density at radius 2 is 1.81 bits per heavy atom. The van der Waals surface area contributed by atoms with Crippen molar-refractivity contribution >= 4 is 27.5 Å². The van der Waals surface area contributed by atoms with Crippen LogP contribution in [-0.2, 0) is 21.2 Å². The average Bonchev–Trinajstić information content (AvgIpc) is 3.27. The van der Waals surface area contributed by atoms with E-state index in [4.69, 9.17) is 16.0 Å². The van der Waals surface area contributed by atoms with Crippen LogP contribution in [0.1, 0.15) is 12.3 Å². The molecular formula is C22H21ClFN3O4S. The number of aryl methyl sites for hydroxylation is 1. The van der Waals surface area contributed by atoms with Gasteiger partial charge in [-0.15, -0.1) is 0 Å². The van der Waals surface area contributed by atoms with E-state index in [1.165, 1.54) is 22.5 Å². The van der Waals surface area contributed by atoms with Gasteiger partial charge in [0, 0.05) is 49.6 Å². The van der Waals surface area contributed by atoms with Crippen molar-refractivity contribution in [3.8, 4) is 11.3 Å². The minimum Gasteiger partial charge on any atom is -0.441 e. The minimum absolute atomic E-state index is 0.0855. The summed E-state index contributed by atoms with van der Waals surface area (Å²) in [4.78, 5) is 18.3. The van der Waals surface area contributed by atoms with Crippen LogP contribution in [0.25, 0.3) is 11.3 Å². The molecule has 2 heterocycles. The molecule has 2 aromatic carbocycles. The number of nitrogens with zero attached hydrogens (tertiary/aromatic N) is 3. The summed E-state index contributed by atoms with van der Waals surface area (Å²) in [5, 5.41) is 0.628. The lowest BCUT2D eigenvalue weighted by Gasteiger charge is -2.34. The van der Waals surface area contributed by atoms with Gasteiger partial charge in [0.25, 0.3) is 0 Å². The highest BCUT2D eigenvalue weighted by Gasteiger charge is 2.30. The lowest BCUT2D eigenvalue weighted by Crippen LogP contribution is -2.50. The second kappa shape index (κ2) is 9.40. The van der Waals surface area contributed by atoms with Crippen molar-refractivity contribution in [2.45, 2.75) is 17.7 Å². The first kappa shape index (κ1) is 22.4. The summed E-state index contributed by atoms with van der Waals surface area (Å²) in [6.45, 7) is 0.860. The highest BCUT2D eigenvalue weighted by atomic mass is 35.5. The van der Waals surface area contributed by atoms with E-state index in [9.17, 15) is 17.6 Å². The molecule has 1 aliphatic rings. The number of rotatable bonds is 6. The van der Waals surface area contributed by atoms with Crippen molar-refractivity contribution in [2.24, 2.45) is 0 Å². The van der Waals surface area contributed by atoms with Crippen LogP contribution in [0, 0.1) is 5.82 Å². The summed E-state index contributed by atoms with van der Waals surface area (Å²) in [7, 11) is -3.79. The highest BCUT2D eigenvalue weighted by molar-refractivity contribution is 7.89. The van der Waals surface area contributed by atoms with Gasteiger partial charge >= 0.3 is 0 Å². The number of amides is 1. The molecule has 0 bridgehead atoms. The average molecular weight is 478 g/mol. The molecule has 7 nitrogen and oxygen atoms in total. The molecule has 168 valence electrons. The van der Waals surface area contributed by atoms with Gasteiger partial charge < -0.3 is 9.32 Å². The molecule has 1 aromatic heterocycles. The molecule has 1 amide bonds. The molecule has 0 aliphatic carbocycles. The fourth-order valence-electron chi connectivity index (χ4n) is 3.50. The third-order valence-electron chi connectivity index (χ3n) is 5.26. The zero-order chi connectivity index (χ0) is 22.7. The highest BCUT2D eigenvalue weighted by Crippen LogP contribution is 2.23. The summed E-state index contributed by atoms with van der Waals surface area (Å²) in [6.07, 6.45) is 2.16. The quantitative estimate of drug-likeness (QED) is 0.541. The van der Waals surface area contributed by atoms with Crippen molar-refractivity contribution in [1.82, 2.24) is 14.2 Å². The van der Waals surface area contributed by atoms with E-state index in [1.54, 1.807) is 23.2 Å². The summed E-state index contributed by atoms with van der Waals surface area (Å²) < 4.78 is 45.8. The zero-order valence-corrected chi connectivity index (χ0v) is 18.7. The summed E-state index contributed by atoms with van der Waals surface area (Å²) in [6, 6.07) is 12.1. The molecule has 10 heteroatoms. The Labute approximate surface area is 190 Å². The van der Waals surface area contributed by atoms with Crippen LogP contribution in [-0.4, -0.2) is 54.7 Å². The lowest BCUT2D eigenvalue weighted by molar-refractivity contribution is -0.132. The predicted molar refractivity (Wildman–Crippen MR) is 117 cm³/mol. The van der Waals surface area contributed by atoms with Crippen LogP contribution in [0.5, 0.6) is 0 Å². The van der Waals surface area contributed by atoms with Crippen molar-refractivity contribution in [3.63, 3.8) is 0 Å². The number of halogens is 2. The van der Waals surface area contributed by atoms with E-state index in [1.807, 2.05) is 12.1 Å². The Morgan fingerprint density at radius 3 is 2.50 bits per heavy atom. The third-order valence-corrected chi connectivity index (χ3v) is 7.41. The van der Waals surface area contributed by atoms with Crippen molar-refractivity contribution in [2.75, 3.05) is 26.2 Å². The summed E-state index contributed by atoms with van der Waals surface area (Å²) >= 11 is 5.89. The summed E-state index contributed by atoms with van der Waals surface area (Å²) in [5.41, 5.74) is 0.843. The molecule has 0 radical (unpaired) electrons. The molecule has 1 aliphatic heterocycles. The number of piperazine rings is 1. The fraction of sp³-hybridized carbons (Fsp3) is 0.273. The van der Waals surface area contributed by atoms with Crippen molar-refractivity contribution < 1.29 is 22.0 Å². The second-order valence-electron chi connectivity index (χ2n) is 7.37. The molecule has 0 unspecified atom stereocenters.